The molecule has 1 heterocycles. The Morgan fingerprint density at radius 2 is 1.78 bits per heavy atom. The lowest BCUT2D eigenvalue weighted by molar-refractivity contribution is 0.245. The van der Waals surface area contributed by atoms with Gasteiger partial charge in [0.15, 0.2) is 0 Å². The highest BCUT2D eigenvalue weighted by molar-refractivity contribution is 5.94. The molecule has 0 unspecified atom stereocenters. The van der Waals surface area contributed by atoms with E-state index in [4.69, 9.17) is 0 Å². The Labute approximate surface area is 190 Å². The van der Waals surface area contributed by atoms with Crippen LogP contribution in [0.3, 0.4) is 0 Å². The molecule has 0 spiro atoms. The number of allylic oxidation sites excluding steroid dienone is 4. The van der Waals surface area contributed by atoms with Crippen molar-refractivity contribution in [1.29, 1.82) is 0 Å². The fourth-order valence-corrected chi connectivity index (χ4v) is 5.26. The van der Waals surface area contributed by atoms with Crippen molar-refractivity contribution in [2.45, 2.75) is 57.8 Å². The Morgan fingerprint density at radius 1 is 1.00 bits per heavy atom. The van der Waals surface area contributed by atoms with Crippen molar-refractivity contribution < 1.29 is 4.79 Å². The molecule has 0 radical (unpaired) electrons. The van der Waals surface area contributed by atoms with Crippen LogP contribution in [-0.2, 0) is 0 Å². The van der Waals surface area contributed by atoms with E-state index in [0.717, 1.165) is 41.3 Å². The van der Waals surface area contributed by atoms with Gasteiger partial charge in [-0.05, 0) is 91.3 Å². The first-order valence-corrected chi connectivity index (χ1v) is 12.1. The number of fused-ring (bicyclic) bond motifs is 1. The standard InChI is InChI=1S/C29H32N2O/c1-2-21-8-10-22(11-9-21)23-12-14-24(15-13-23)25-16-17-28-26(20-25)18-19-31(28)29(32)30-27-6-4-3-5-7-27/h3-4,6,12-22H,2,5,7-11H2,1H3,(H,30,32). The van der Waals surface area contributed by atoms with Crippen LogP contribution in [-0.4, -0.2) is 10.6 Å². The van der Waals surface area contributed by atoms with Gasteiger partial charge in [-0.15, -0.1) is 0 Å². The zero-order valence-electron chi connectivity index (χ0n) is 18.9. The number of carbonyl (C=O) groups excluding carboxylic acids is 1. The summed E-state index contributed by atoms with van der Waals surface area (Å²) in [4.78, 5) is 12.8. The maximum Gasteiger partial charge on any atom is 0.330 e. The van der Waals surface area contributed by atoms with E-state index in [0.29, 0.717) is 0 Å². The van der Waals surface area contributed by atoms with Gasteiger partial charge in [-0.1, -0.05) is 55.8 Å². The summed E-state index contributed by atoms with van der Waals surface area (Å²) in [6.45, 7) is 2.32. The van der Waals surface area contributed by atoms with Gasteiger partial charge in [0.2, 0.25) is 0 Å². The van der Waals surface area contributed by atoms with Gasteiger partial charge in [0.1, 0.15) is 0 Å². The molecular weight excluding hydrogens is 392 g/mol. The Balaban J connectivity index is 1.31. The largest absolute Gasteiger partial charge is 0.330 e. The molecule has 2 aliphatic rings. The van der Waals surface area contributed by atoms with Crippen LogP contribution in [0.15, 0.2) is 78.7 Å². The van der Waals surface area contributed by atoms with Crippen molar-refractivity contribution in [3.05, 3.63) is 84.2 Å². The van der Waals surface area contributed by atoms with Gasteiger partial charge >= 0.3 is 6.03 Å². The molecule has 1 saturated carbocycles. The molecule has 3 nitrogen and oxygen atoms in total. The third-order valence-electron chi connectivity index (χ3n) is 7.33. The second-order valence-corrected chi connectivity index (χ2v) is 9.30. The zero-order chi connectivity index (χ0) is 21.9. The average Bonchev–Trinajstić information content (AvgIpc) is 3.28. The van der Waals surface area contributed by atoms with E-state index in [2.05, 4.69) is 60.8 Å². The first-order valence-electron chi connectivity index (χ1n) is 12.1. The second kappa shape index (κ2) is 9.20. The number of nitrogens with one attached hydrogen (secondary N) is 1. The summed E-state index contributed by atoms with van der Waals surface area (Å²) >= 11 is 0. The van der Waals surface area contributed by atoms with Crippen molar-refractivity contribution in [3.8, 4) is 11.1 Å². The van der Waals surface area contributed by atoms with Crippen LogP contribution in [0, 0.1) is 5.92 Å². The fourth-order valence-electron chi connectivity index (χ4n) is 5.26. The van der Waals surface area contributed by atoms with E-state index in [1.54, 1.807) is 4.57 Å². The SMILES string of the molecule is CCC1CCC(c2ccc(-c3ccc4c(ccn4C(=O)NC4=CC=CCC4)c3)cc2)CC1. The Hall–Kier alpha value is -3.07. The molecule has 2 aromatic carbocycles. The van der Waals surface area contributed by atoms with Crippen LogP contribution >= 0.6 is 0 Å². The monoisotopic (exact) mass is 424 g/mol. The smallest absolute Gasteiger partial charge is 0.311 e. The molecule has 1 aromatic heterocycles. The summed E-state index contributed by atoms with van der Waals surface area (Å²) in [5.41, 5.74) is 5.81. The predicted molar refractivity (Wildman–Crippen MR) is 133 cm³/mol. The number of hydrogen-bond donors (Lipinski definition) is 1. The van der Waals surface area contributed by atoms with Crippen LogP contribution in [0.1, 0.15) is 63.4 Å². The number of aromatic nitrogens is 1. The van der Waals surface area contributed by atoms with Crippen molar-refractivity contribution in [3.63, 3.8) is 0 Å². The number of hydrogen-bond acceptors (Lipinski definition) is 1. The molecule has 164 valence electrons. The van der Waals surface area contributed by atoms with Crippen molar-refractivity contribution >= 4 is 16.9 Å². The van der Waals surface area contributed by atoms with Crippen LogP contribution in [0.4, 0.5) is 4.79 Å². The highest BCUT2D eigenvalue weighted by Gasteiger charge is 2.21. The van der Waals surface area contributed by atoms with Gasteiger partial charge in [-0.25, -0.2) is 4.79 Å². The van der Waals surface area contributed by atoms with Crippen LogP contribution in [0.5, 0.6) is 0 Å². The van der Waals surface area contributed by atoms with E-state index in [-0.39, 0.29) is 6.03 Å². The molecule has 1 amide bonds. The zero-order valence-corrected chi connectivity index (χ0v) is 18.9. The van der Waals surface area contributed by atoms with E-state index < -0.39 is 0 Å². The third-order valence-corrected chi connectivity index (χ3v) is 7.33. The summed E-state index contributed by atoms with van der Waals surface area (Å²) in [5.74, 6) is 1.65. The Bertz CT molecular complexity index is 1160. The topological polar surface area (TPSA) is 34.0 Å². The third kappa shape index (κ3) is 4.29. The maximum absolute atomic E-state index is 12.8. The summed E-state index contributed by atoms with van der Waals surface area (Å²) in [6, 6.07) is 17.4. The van der Waals surface area contributed by atoms with Crippen molar-refractivity contribution in [2.75, 3.05) is 0 Å². The lowest BCUT2D eigenvalue weighted by Crippen LogP contribution is -2.27. The summed E-state index contributed by atoms with van der Waals surface area (Å²) in [7, 11) is 0. The molecule has 1 fully saturated rings. The van der Waals surface area contributed by atoms with Gasteiger partial charge < -0.3 is 5.32 Å². The number of amides is 1. The normalized spacial score (nSPS) is 20.8. The van der Waals surface area contributed by atoms with Crippen molar-refractivity contribution in [1.82, 2.24) is 9.88 Å². The molecular formula is C29H32N2O. The molecule has 2 aliphatic carbocycles. The molecule has 0 atom stereocenters. The van der Waals surface area contributed by atoms with E-state index in [9.17, 15) is 4.79 Å². The first kappa shape index (κ1) is 20.8. The molecule has 3 aromatic rings. The lowest BCUT2D eigenvalue weighted by atomic mass is 9.77. The molecule has 0 aliphatic heterocycles. The molecule has 32 heavy (non-hydrogen) atoms. The van der Waals surface area contributed by atoms with Gasteiger partial charge in [0, 0.05) is 17.3 Å². The van der Waals surface area contributed by atoms with Gasteiger partial charge in [0.05, 0.1) is 5.52 Å². The van der Waals surface area contributed by atoms with E-state index in [1.807, 2.05) is 24.4 Å². The minimum absolute atomic E-state index is 0.101. The minimum Gasteiger partial charge on any atom is -0.311 e. The summed E-state index contributed by atoms with van der Waals surface area (Å²) in [5, 5.41) is 4.12. The minimum atomic E-state index is -0.101. The number of nitrogens with zero attached hydrogens (tertiary/aromatic N) is 1. The number of benzene rings is 2. The van der Waals surface area contributed by atoms with Crippen molar-refractivity contribution in [2.24, 2.45) is 5.92 Å². The quantitative estimate of drug-likeness (QED) is 0.456. The lowest BCUT2D eigenvalue weighted by Gasteiger charge is -2.28. The van der Waals surface area contributed by atoms with E-state index in [1.165, 1.54) is 48.8 Å². The van der Waals surface area contributed by atoms with E-state index >= 15 is 0 Å². The second-order valence-electron chi connectivity index (χ2n) is 9.30. The summed E-state index contributed by atoms with van der Waals surface area (Å²) in [6.07, 6.45) is 16.5. The maximum atomic E-state index is 12.8. The average molecular weight is 425 g/mol. The van der Waals surface area contributed by atoms with Crippen LogP contribution in [0.25, 0.3) is 22.0 Å². The predicted octanol–water partition coefficient (Wildman–Crippen LogP) is 7.78. The van der Waals surface area contributed by atoms with Gasteiger partial charge in [0.25, 0.3) is 0 Å². The van der Waals surface area contributed by atoms with Crippen LogP contribution in [0.2, 0.25) is 0 Å². The molecule has 5 rings (SSSR count). The number of rotatable bonds is 4. The van der Waals surface area contributed by atoms with Crippen LogP contribution < -0.4 is 5.32 Å². The Morgan fingerprint density at radius 3 is 2.50 bits per heavy atom. The highest BCUT2D eigenvalue weighted by Crippen LogP contribution is 2.37. The fraction of sp³-hybridized carbons (Fsp3) is 0.345. The molecule has 3 heteroatoms. The number of carbonyl (C=O) groups is 1. The highest BCUT2D eigenvalue weighted by atomic mass is 16.2. The molecule has 0 saturated heterocycles. The Kier molecular flexibility index (Phi) is 5.98. The first-order chi connectivity index (χ1) is 15.7. The van der Waals surface area contributed by atoms with Gasteiger partial charge in [-0.3, -0.25) is 4.57 Å². The molecule has 0 bridgehead atoms. The summed E-state index contributed by atoms with van der Waals surface area (Å²) < 4.78 is 1.70. The molecule has 1 N–H and O–H groups in total. The van der Waals surface area contributed by atoms with Gasteiger partial charge in [-0.2, -0.15) is 0 Å².